The first-order valence-corrected chi connectivity index (χ1v) is 13.3. The van der Waals surface area contributed by atoms with Crippen molar-refractivity contribution < 1.29 is 22.7 Å². The number of ether oxygens (including phenoxy) is 2. The van der Waals surface area contributed by atoms with Gasteiger partial charge in [-0.3, -0.25) is 9.69 Å². The van der Waals surface area contributed by atoms with E-state index in [-0.39, 0.29) is 29.0 Å². The second kappa shape index (κ2) is 10.6. The van der Waals surface area contributed by atoms with E-state index >= 15 is 0 Å². The summed E-state index contributed by atoms with van der Waals surface area (Å²) < 4.78 is 39.1. The number of benzene rings is 1. The molecule has 8 nitrogen and oxygen atoms in total. The van der Waals surface area contributed by atoms with Gasteiger partial charge in [-0.1, -0.05) is 25.3 Å². The van der Waals surface area contributed by atoms with Crippen molar-refractivity contribution in [2.24, 2.45) is 0 Å². The predicted molar refractivity (Wildman–Crippen MR) is 121 cm³/mol. The molecular weight excluding hydrogens is 430 g/mol. The maximum absolute atomic E-state index is 13.0. The van der Waals surface area contributed by atoms with E-state index in [1.807, 2.05) is 0 Å². The molecule has 2 saturated heterocycles. The zero-order chi connectivity index (χ0) is 22.4. The fourth-order valence-corrected chi connectivity index (χ4v) is 6.21. The molecule has 1 atom stereocenters. The summed E-state index contributed by atoms with van der Waals surface area (Å²) in [5.74, 6) is -0.237. The summed E-state index contributed by atoms with van der Waals surface area (Å²) in [6, 6.07) is 6.25. The molecule has 1 aliphatic carbocycles. The van der Waals surface area contributed by atoms with Gasteiger partial charge in [-0.15, -0.1) is 0 Å². The van der Waals surface area contributed by atoms with E-state index < -0.39 is 10.0 Å². The number of amides is 1. The molecule has 1 aromatic rings. The lowest BCUT2D eigenvalue weighted by Gasteiger charge is -2.48. The number of morpholine rings is 1. The summed E-state index contributed by atoms with van der Waals surface area (Å²) in [5, 5.41) is 3.11. The molecule has 0 bridgehead atoms. The number of sulfonamides is 1. The average Bonchev–Trinajstić information content (AvgIpc) is 3.36. The Morgan fingerprint density at radius 2 is 1.88 bits per heavy atom. The zero-order valence-electron chi connectivity index (χ0n) is 18.7. The summed E-state index contributed by atoms with van der Waals surface area (Å²) in [7, 11) is -3.70. The second-order valence-electron chi connectivity index (χ2n) is 9.08. The number of nitrogens with zero attached hydrogens (tertiary/aromatic N) is 1. The molecule has 3 aliphatic rings. The molecule has 0 spiro atoms. The predicted octanol–water partition coefficient (Wildman–Crippen LogP) is 1.91. The van der Waals surface area contributed by atoms with Crippen molar-refractivity contribution in [1.82, 2.24) is 14.9 Å². The summed E-state index contributed by atoms with van der Waals surface area (Å²) in [6.45, 7) is 4.73. The van der Waals surface area contributed by atoms with E-state index in [0.29, 0.717) is 18.7 Å². The number of hydrogen-bond acceptors (Lipinski definition) is 6. The van der Waals surface area contributed by atoms with Crippen LogP contribution in [0, 0.1) is 0 Å². The first kappa shape index (κ1) is 23.6. The fourth-order valence-electron chi connectivity index (χ4n) is 5.10. The smallest absolute Gasteiger partial charge is 0.251 e. The Balaban J connectivity index is 1.40. The van der Waals surface area contributed by atoms with Crippen LogP contribution in [0.25, 0.3) is 0 Å². The maximum Gasteiger partial charge on any atom is 0.251 e. The van der Waals surface area contributed by atoms with Crippen LogP contribution in [0.4, 0.5) is 0 Å². The third-order valence-corrected chi connectivity index (χ3v) is 8.40. The van der Waals surface area contributed by atoms with Crippen LogP contribution in [0.3, 0.4) is 0 Å². The van der Waals surface area contributed by atoms with Gasteiger partial charge in [0.15, 0.2) is 0 Å². The molecule has 1 unspecified atom stereocenters. The summed E-state index contributed by atoms with van der Waals surface area (Å²) >= 11 is 0. The van der Waals surface area contributed by atoms with Crippen molar-refractivity contribution in [3.8, 4) is 0 Å². The van der Waals surface area contributed by atoms with Crippen LogP contribution in [0.1, 0.15) is 55.3 Å². The van der Waals surface area contributed by atoms with Crippen molar-refractivity contribution in [3.63, 3.8) is 0 Å². The summed E-state index contributed by atoms with van der Waals surface area (Å²) in [6.07, 6.45) is 7.42. The number of carbonyl (C=O) groups is 1. The Hall–Kier alpha value is -1.52. The highest BCUT2D eigenvalue weighted by Gasteiger charge is 2.38. The minimum atomic E-state index is -3.70. The lowest BCUT2D eigenvalue weighted by molar-refractivity contribution is -0.0361. The Labute approximate surface area is 191 Å². The van der Waals surface area contributed by atoms with Gasteiger partial charge in [0.2, 0.25) is 10.0 Å². The lowest BCUT2D eigenvalue weighted by atomic mass is 9.79. The van der Waals surface area contributed by atoms with E-state index in [0.717, 1.165) is 64.8 Å². The van der Waals surface area contributed by atoms with Crippen LogP contribution in [-0.2, 0) is 19.5 Å². The van der Waals surface area contributed by atoms with E-state index in [4.69, 9.17) is 9.47 Å². The summed E-state index contributed by atoms with van der Waals surface area (Å²) in [5.41, 5.74) is 0.322. The van der Waals surface area contributed by atoms with Crippen molar-refractivity contribution in [3.05, 3.63) is 29.8 Å². The Kier molecular flexibility index (Phi) is 7.83. The van der Waals surface area contributed by atoms with Gasteiger partial charge in [-0.2, -0.15) is 0 Å². The molecule has 9 heteroatoms. The Morgan fingerprint density at radius 1 is 1.09 bits per heavy atom. The number of hydrogen-bond donors (Lipinski definition) is 2. The molecule has 1 saturated carbocycles. The van der Waals surface area contributed by atoms with Crippen LogP contribution in [-0.4, -0.2) is 76.9 Å². The van der Waals surface area contributed by atoms with Crippen LogP contribution >= 0.6 is 0 Å². The Morgan fingerprint density at radius 3 is 2.59 bits per heavy atom. The first-order chi connectivity index (χ1) is 15.5. The molecule has 0 aromatic heterocycles. The van der Waals surface area contributed by atoms with Gasteiger partial charge < -0.3 is 14.8 Å². The molecular formula is C23H35N3O5S. The largest absolute Gasteiger partial charge is 0.379 e. The van der Waals surface area contributed by atoms with Crippen LogP contribution in [0.2, 0.25) is 0 Å². The van der Waals surface area contributed by atoms with E-state index in [2.05, 4.69) is 14.9 Å². The van der Waals surface area contributed by atoms with Gasteiger partial charge in [0.05, 0.1) is 24.2 Å². The normalized spacial score (nSPS) is 24.3. The van der Waals surface area contributed by atoms with Crippen molar-refractivity contribution in [2.45, 2.75) is 61.5 Å². The highest BCUT2D eigenvalue weighted by Crippen LogP contribution is 2.34. The highest BCUT2D eigenvalue weighted by atomic mass is 32.2. The Bertz CT molecular complexity index is 873. The van der Waals surface area contributed by atoms with Crippen LogP contribution in [0.5, 0.6) is 0 Å². The molecule has 4 rings (SSSR count). The van der Waals surface area contributed by atoms with Gasteiger partial charge in [0.1, 0.15) is 0 Å². The van der Waals surface area contributed by atoms with Gasteiger partial charge in [-0.05, 0) is 43.9 Å². The second-order valence-corrected chi connectivity index (χ2v) is 10.8. The average molecular weight is 466 g/mol. The molecule has 178 valence electrons. The van der Waals surface area contributed by atoms with Crippen LogP contribution < -0.4 is 10.0 Å². The molecule has 3 fully saturated rings. The van der Waals surface area contributed by atoms with Gasteiger partial charge in [0.25, 0.3) is 5.91 Å². The fraction of sp³-hybridized carbons (Fsp3) is 0.696. The minimum Gasteiger partial charge on any atom is -0.379 e. The van der Waals surface area contributed by atoms with Gasteiger partial charge in [0, 0.05) is 43.9 Å². The van der Waals surface area contributed by atoms with Crippen LogP contribution in [0.15, 0.2) is 29.2 Å². The van der Waals surface area contributed by atoms with Gasteiger partial charge >= 0.3 is 0 Å². The maximum atomic E-state index is 13.0. The van der Waals surface area contributed by atoms with Crippen molar-refractivity contribution in [2.75, 3.05) is 46.0 Å². The van der Waals surface area contributed by atoms with Gasteiger partial charge in [-0.25, -0.2) is 13.1 Å². The third kappa shape index (κ3) is 5.69. The van der Waals surface area contributed by atoms with E-state index in [9.17, 15) is 13.2 Å². The quantitative estimate of drug-likeness (QED) is 0.609. The number of rotatable bonds is 8. The minimum absolute atomic E-state index is 0.0375. The molecule has 1 aromatic carbocycles. The lowest BCUT2D eigenvalue weighted by Crippen LogP contribution is -2.59. The van der Waals surface area contributed by atoms with Crippen molar-refractivity contribution >= 4 is 15.9 Å². The number of nitrogens with one attached hydrogen (secondary N) is 2. The zero-order valence-corrected chi connectivity index (χ0v) is 19.5. The molecule has 32 heavy (non-hydrogen) atoms. The monoisotopic (exact) mass is 465 g/mol. The van der Waals surface area contributed by atoms with E-state index in [1.54, 1.807) is 12.1 Å². The standard InChI is InChI=1S/C23H35N3O5S/c27-22(24-18-23(9-2-1-3-10-23)26-11-14-30-15-12-26)19-6-4-8-21(16-19)32(28,29)25-17-20-7-5-13-31-20/h4,6,8,16,20,25H,1-3,5,7,9-15,17-18H2,(H,24,27). The molecule has 0 radical (unpaired) electrons. The van der Waals surface area contributed by atoms with Crippen molar-refractivity contribution in [1.29, 1.82) is 0 Å². The molecule has 2 N–H and O–H groups in total. The van der Waals surface area contributed by atoms with E-state index in [1.165, 1.54) is 18.6 Å². The molecule has 2 aliphatic heterocycles. The summed E-state index contributed by atoms with van der Waals surface area (Å²) in [4.78, 5) is 15.5. The molecule has 1 amide bonds. The highest BCUT2D eigenvalue weighted by molar-refractivity contribution is 7.89. The first-order valence-electron chi connectivity index (χ1n) is 11.8. The topological polar surface area (TPSA) is 97.0 Å². The third-order valence-electron chi connectivity index (χ3n) is 6.98. The molecule has 2 heterocycles. The number of carbonyl (C=O) groups excluding carboxylic acids is 1. The SMILES string of the molecule is O=C(NCC1(N2CCOCC2)CCCCC1)c1cccc(S(=O)(=O)NCC2CCCO2)c1.